The summed E-state index contributed by atoms with van der Waals surface area (Å²) in [7, 11) is 0. The Bertz CT molecular complexity index is 490. The summed E-state index contributed by atoms with van der Waals surface area (Å²) < 4.78 is 4.80. The van der Waals surface area contributed by atoms with E-state index in [0.717, 1.165) is 0 Å². The molecule has 0 saturated carbocycles. The predicted octanol–water partition coefficient (Wildman–Crippen LogP) is 0.516. The number of aromatic nitrogens is 1. The second-order valence-corrected chi connectivity index (χ2v) is 4.45. The van der Waals surface area contributed by atoms with E-state index >= 15 is 0 Å². The van der Waals surface area contributed by atoms with Crippen molar-refractivity contribution in [1.82, 2.24) is 10.5 Å². The average molecular weight is 270 g/mol. The fourth-order valence-corrected chi connectivity index (χ4v) is 1.61. The maximum Gasteiger partial charge on any atom is 0.326 e. The highest BCUT2D eigenvalue weighted by atomic mass is 16.5. The second-order valence-electron chi connectivity index (χ2n) is 4.45. The summed E-state index contributed by atoms with van der Waals surface area (Å²) in [6, 6.07) is 0.368. The molecule has 0 radical (unpaired) electrons. The predicted molar refractivity (Wildman–Crippen MR) is 66.7 cm³/mol. The van der Waals surface area contributed by atoms with Crippen molar-refractivity contribution in [3.63, 3.8) is 0 Å². The minimum absolute atomic E-state index is 0.0704. The van der Waals surface area contributed by atoms with E-state index in [-0.39, 0.29) is 30.2 Å². The van der Waals surface area contributed by atoms with E-state index in [1.54, 1.807) is 6.92 Å². The van der Waals surface area contributed by atoms with Gasteiger partial charge < -0.3 is 14.9 Å². The van der Waals surface area contributed by atoms with Crippen molar-refractivity contribution in [2.45, 2.75) is 39.2 Å². The number of carboxylic acids is 1. The Kier molecular flexibility index (Phi) is 5.35. The van der Waals surface area contributed by atoms with Gasteiger partial charge >= 0.3 is 5.97 Å². The monoisotopic (exact) mass is 270 g/mol. The van der Waals surface area contributed by atoms with E-state index in [2.05, 4.69) is 10.5 Å². The van der Waals surface area contributed by atoms with Gasteiger partial charge in [-0.15, -0.1) is 0 Å². The van der Waals surface area contributed by atoms with E-state index in [9.17, 15) is 14.4 Å². The van der Waals surface area contributed by atoms with Gasteiger partial charge in [-0.3, -0.25) is 9.59 Å². The van der Waals surface area contributed by atoms with Crippen molar-refractivity contribution in [3.05, 3.63) is 22.2 Å². The van der Waals surface area contributed by atoms with Gasteiger partial charge in [-0.1, -0.05) is 20.3 Å². The molecule has 0 spiro atoms. The van der Waals surface area contributed by atoms with Gasteiger partial charge in [0.25, 0.3) is 5.56 Å². The molecule has 3 N–H and O–H groups in total. The molecule has 0 bridgehead atoms. The second kappa shape index (κ2) is 6.77. The number of hydrogen-bond acceptors (Lipinski definition) is 4. The van der Waals surface area contributed by atoms with Crippen LogP contribution in [0.3, 0.4) is 0 Å². The normalized spacial score (nSPS) is 13.8. The maximum absolute atomic E-state index is 11.7. The maximum atomic E-state index is 11.7. The zero-order chi connectivity index (χ0) is 14.4. The first-order chi connectivity index (χ1) is 8.93. The van der Waals surface area contributed by atoms with Crippen LogP contribution in [0.4, 0.5) is 0 Å². The Morgan fingerprint density at radius 2 is 2.21 bits per heavy atom. The molecule has 0 aliphatic heterocycles. The summed E-state index contributed by atoms with van der Waals surface area (Å²) in [6.45, 7) is 3.63. The minimum Gasteiger partial charge on any atom is -0.480 e. The van der Waals surface area contributed by atoms with Crippen LogP contribution >= 0.6 is 0 Å². The minimum atomic E-state index is -1.05. The smallest absolute Gasteiger partial charge is 0.326 e. The van der Waals surface area contributed by atoms with Crippen LogP contribution in [0.15, 0.2) is 15.4 Å². The topological polar surface area (TPSA) is 112 Å². The highest BCUT2D eigenvalue weighted by Crippen LogP contribution is 2.08. The van der Waals surface area contributed by atoms with E-state index < -0.39 is 12.0 Å². The van der Waals surface area contributed by atoms with Crippen LogP contribution in [0, 0.1) is 5.92 Å². The lowest BCUT2D eigenvalue weighted by Crippen LogP contribution is -2.45. The van der Waals surface area contributed by atoms with Crippen molar-refractivity contribution in [3.8, 4) is 0 Å². The van der Waals surface area contributed by atoms with Gasteiger partial charge in [-0.2, -0.15) is 5.16 Å². The number of carbonyl (C=O) groups is 2. The molecule has 1 rings (SSSR count). The number of rotatable bonds is 7. The molecule has 19 heavy (non-hydrogen) atoms. The van der Waals surface area contributed by atoms with Gasteiger partial charge in [0.2, 0.25) is 5.91 Å². The van der Waals surface area contributed by atoms with Gasteiger partial charge in [0.15, 0.2) is 0 Å². The fourth-order valence-electron chi connectivity index (χ4n) is 1.61. The Balaban J connectivity index is 2.49. The molecule has 7 nitrogen and oxygen atoms in total. The Morgan fingerprint density at radius 1 is 1.53 bits per heavy atom. The van der Waals surface area contributed by atoms with E-state index in [1.807, 2.05) is 6.92 Å². The van der Waals surface area contributed by atoms with Gasteiger partial charge in [0.1, 0.15) is 11.8 Å². The van der Waals surface area contributed by atoms with Crippen LogP contribution in [-0.2, 0) is 16.0 Å². The Hall–Kier alpha value is -2.05. The molecule has 1 heterocycles. The highest BCUT2D eigenvalue weighted by molar-refractivity contribution is 5.83. The van der Waals surface area contributed by atoms with Crippen molar-refractivity contribution >= 4 is 11.9 Å². The van der Waals surface area contributed by atoms with Crippen molar-refractivity contribution in [1.29, 1.82) is 0 Å². The number of nitrogens with one attached hydrogen (secondary N) is 2. The van der Waals surface area contributed by atoms with Crippen LogP contribution in [-0.4, -0.2) is 28.2 Å². The van der Waals surface area contributed by atoms with Crippen molar-refractivity contribution in [2.24, 2.45) is 5.92 Å². The summed E-state index contributed by atoms with van der Waals surface area (Å²) in [6.07, 6.45) is 0.975. The SMILES string of the molecule is CC[C@@H](C)[C@H](NC(=O)CCc1cc(=O)[nH]o1)C(=O)O. The van der Waals surface area contributed by atoms with Crippen molar-refractivity contribution < 1.29 is 19.2 Å². The molecule has 106 valence electrons. The number of aromatic amines is 1. The molecular formula is C12H18N2O5. The van der Waals surface area contributed by atoms with Crippen molar-refractivity contribution in [2.75, 3.05) is 0 Å². The molecule has 0 unspecified atom stereocenters. The fraction of sp³-hybridized carbons (Fsp3) is 0.583. The lowest BCUT2D eigenvalue weighted by molar-refractivity contribution is -0.143. The number of aliphatic carboxylic acids is 1. The molecule has 1 amide bonds. The number of H-pyrrole nitrogens is 1. The summed E-state index contributed by atoms with van der Waals surface area (Å²) in [5.41, 5.74) is -0.363. The number of carbonyl (C=O) groups excluding carboxylic acids is 1. The largest absolute Gasteiger partial charge is 0.480 e. The van der Waals surface area contributed by atoms with Crippen LogP contribution in [0.2, 0.25) is 0 Å². The third kappa shape index (κ3) is 4.61. The molecule has 7 heteroatoms. The summed E-state index contributed by atoms with van der Waals surface area (Å²) >= 11 is 0. The molecule has 2 atom stereocenters. The molecule has 0 aliphatic rings. The van der Waals surface area contributed by atoms with Crippen LogP contribution in [0.1, 0.15) is 32.4 Å². The van der Waals surface area contributed by atoms with Crippen LogP contribution in [0.25, 0.3) is 0 Å². The third-order valence-electron chi connectivity index (χ3n) is 2.97. The van der Waals surface area contributed by atoms with Crippen LogP contribution in [0.5, 0.6) is 0 Å². The summed E-state index contributed by atoms with van der Waals surface area (Å²) in [4.78, 5) is 33.5. The summed E-state index contributed by atoms with van der Waals surface area (Å²) in [5, 5.41) is 13.6. The van der Waals surface area contributed by atoms with Gasteiger partial charge in [-0.25, -0.2) is 4.79 Å². The molecule has 1 aromatic rings. The first kappa shape index (κ1) is 15.0. The molecule has 0 aromatic carbocycles. The van der Waals surface area contributed by atoms with Crippen LogP contribution < -0.4 is 10.9 Å². The van der Waals surface area contributed by atoms with Gasteiger partial charge in [0.05, 0.1) is 0 Å². The van der Waals surface area contributed by atoms with Gasteiger partial charge in [-0.05, 0) is 5.92 Å². The number of amides is 1. The molecule has 0 fully saturated rings. The zero-order valence-electron chi connectivity index (χ0n) is 10.9. The Labute approximate surface area is 110 Å². The zero-order valence-corrected chi connectivity index (χ0v) is 10.9. The van der Waals surface area contributed by atoms with E-state index in [4.69, 9.17) is 9.63 Å². The number of hydrogen-bond donors (Lipinski definition) is 3. The first-order valence-electron chi connectivity index (χ1n) is 6.13. The third-order valence-corrected chi connectivity index (χ3v) is 2.97. The Morgan fingerprint density at radius 3 is 2.68 bits per heavy atom. The molecular weight excluding hydrogens is 252 g/mol. The molecule has 1 aromatic heterocycles. The standard InChI is InChI=1S/C12H18N2O5/c1-3-7(2)11(12(17)18)13-9(15)5-4-8-6-10(16)14-19-8/h6-7,11H,3-5H2,1-2H3,(H,13,15)(H,14,16)(H,17,18)/t7-,11+/m1/s1. The average Bonchev–Trinajstić information content (AvgIpc) is 2.78. The number of aryl methyl sites for hydroxylation is 1. The highest BCUT2D eigenvalue weighted by Gasteiger charge is 2.25. The quantitative estimate of drug-likeness (QED) is 0.668. The van der Waals surface area contributed by atoms with E-state index in [1.165, 1.54) is 6.07 Å². The van der Waals surface area contributed by atoms with E-state index in [0.29, 0.717) is 12.2 Å². The number of carboxylic acid groups (broad SMARTS) is 1. The molecule has 0 aliphatic carbocycles. The first-order valence-corrected chi connectivity index (χ1v) is 6.13. The lowest BCUT2D eigenvalue weighted by Gasteiger charge is -2.19. The summed E-state index contributed by atoms with van der Waals surface area (Å²) in [5.74, 6) is -1.20. The lowest BCUT2D eigenvalue weighted by atomic mass is 9.99. The molecule has 0 saturated heterocycles. The van der Waals surface area contributed by atoms with Gasteiger partial charge in [0, 0.05) is 18.9 Å².